The second-order valence-corrected chi connectivity index (χ2v) is 13.6. The number of hydrogen-bond donors (Lipinski definition) is 2. The third-order valence-electron chi connectivity index (χ3n) is 11.5. The zero-order valence-corrected chi connectivity index (χ0v) is 22.2. The van der Waals surface area contributed by atoms with E-state index in [1.807, 2.05) is 19.9 Å². The minimum atomic E-state index is -1.44. The third kappa shape index (κ3) is 3.16. The number of ether oxygens (including phenoxy) is 2. The average molecular weight is 497 g/mol. The summed E-state index contributed by atoms with van der Waals surface area (Å²) in [7, 11) is 0. The maximum atomic E-state index is 12.5. The van der Waals surface area contributed by atoms with E-state index in [1.165, 1.54) is 11.1 Å². The van der Waals surface area contributed by atoms with Crippen molar-refractivity contribution >= 4 is 11.9 Å². The lowest BCUT2D eigenvalue weighted by Gasteiger charge is -2.52. The molecule has 0 radical (unpaired) electrons. The molecule has 6 heteroatoms. The molecule has 2 bridgehead atoms. The van der Waals surface area contributed by atoms with Crippen LogP contribution in [0, 0.1) is 34.5 Å². The summed E-state index contributed by atoms with van der Waals surface area (Å²) in [6.07, 6.45) is 10.9. The van der Waals surface area contributed by atoms with E-state index in [0.29, 0.717) is 12.8 Å². The fraction of sp³-hybridized carbons (Fsp3) is 0.733. The van der Waals surface area contributed by atoms with Gasteiger partial charge in [-0.25, -0.2) is 9.59 Å². The molecule has 3 fully saturated rings. The van der Waals surface area contributed by atoms with E-state index in [2.05, 4.69) is 19.9 Å². The number of hydrogen-bond acceptors (Lipinski definition) is 6. The zero-order valence-electron chi connectivity index (χ0n) is 22.2. The molecular weight excluding hydrogens is 456 g/mol. The predicted octanol–water partition coefficient (Wildman–Crippen LogP) is 4.40. The van der Waals surface area contributed by atoms with Crippen LogP contribution in [0.4, 0.5) is 0 Å². The molecule has 0 aromatic heterocycles. The SMILES string of the molecule is CC1(C)OC(=O)C=CC2=CC3=C(CCC21)C1(C)CC(O)C(C2CC4CC2OC(=O)C4(C)O)C1(C)CC3. The van der Waals surface area contributed by atoms with Crippen molar-refractivity contribution in [3.05, 3.63) is 34.9 Å². The van der Waals surface area contributed by atoms with Crippen molar-refractivity contribution in [1.29, 1.82) is 0 Å². The third-order valence-corrected chi connectivity index (χ3v) is 11.5. The Labute approximate surface area is 213 Å². The summed E-state index contributed by atoms with van der Waals surface area (Å²) in [5, 5.41) is 22.4. The van der Waals surface area contributed by atoms with Crippen LogP contribution >= 0.6 is 0 Å². The van der Waals surface area contributed by atoms with Gasteiger partial charge in [-0.1, -0.05) is 31.6 Å². The molecule has 2 heterocycles. The van der Waals surface area contributed by atoms with Gasteiger partial charge in [0.15, 0.2) is 5.60 Å². The summed E-state index contributed by atoms with van der Waals surface area (Å²) >= 11 is 0. The fourth-order valence-corrected chi connectivity index (χ4v) is 9.36. The summed E-state index contributed by atoms with van der Waals surface area (Å²) in [6.45, 7) is 10.3. The van der Waals surface area contributed by atoms with Crippen molar-refractivity contribution in [3.8, 4) is 0 Å². The van der Waals surface area contributed by atoms with E-state index in [1.54, 1.807) is 13.0 Å². The predicted molar refractivity (Wildman–Crippen MR) is 133 cm³/mol. The first-order valence-electron chi connectivity index (χ1n) is 13.7. The molecule has 0 spiro atoms. The lowest BCUT2D eigenvalue weighted by molar-refractivity contribution is -0.184. The molecule has 1 saturated heterocycles. The van der Waals surface area contributed by atoms with Gasteiger partial charge >= 0.3 is 11.9 Å². The highest BCUT2D eigenvalue weighted by Gasteiger charge is 2.67. The average Bonchev–Trinajstić information content (AvgIpc) is 3.10. The summed E-state index contributed by atoms with van der Waals surface area (Å²) in [4.78, 5) is 24.7. The number of carbonyl (C=O) groups excluding carboxylic acids is 2. The topological polar surface area (TPSA) is 93.1 Å². The smallest absolute Gasteiger partial charge is 0.338 e. The molecule has 9 unspecified atom stereocenters. The van der Waals surface area contributed by atoms with Gasteiger partial charge in [0.2, 0.25) is 0 Å². The second-order valence-electron chi connectivity index (χ2n) is 13.6. The Morgan fingerprint density at radius 1 is 1.03 bits per heavy atom. The van der Waals surface area contributed by atoms with E-state index in [9.17, 15) is 19.8 Å². The molecule has 6 aliphatic rings. The van der Waals surface area contributed by atoms with Crippen molar-refractivity contribution in [2.24, 2.45) is 34.5 Å². The molecule has 4 aliphatic carbocycles. The largest absolute Gasteiger partial charge is 0.460 e. The second kappa shape index (κ2) is 7.57. The monoisotopic (exact) mass is 496 g/mol. The molecule has 0 aromatic rings. The number of esters is 2. The van der Waals surface area contributed by atoms with Gasteiger partial charge in [0.25, 0.3) is 0 Å². The van der Waals surface area contributed by atoms with E-state index in [0.717, 1.165) is 37.7 Å². The number of rotatable bonds is 1. The van der Waals surface area contributed by atoms with Gasteiger partial charge in [-0.15, -0.1) is 0 Å². The first kappa shape index (κ1) is 24.4. The van der Waals surface area contributed by atoms with Gasteiger partial charge in [-0.3, -0.25) is 0 Å². The minimum Gasteiger partial charge on any atom is -0.460 e. The maximum absolute atomic E-state index is 12.5. The van der Waals surface area contributed by atoms with Gasteiger partial charge < -0.3 is 19.7 Å². The van der Waals surface area contributed by atoms with Crippen LogP contribution in [0.1, 0.15) is 79.6 Å². The number of fused-ring (bicyclic) bond motifs is 5. The Morgan fingerprint density at radius 3 is 2.53 bits per heavy atom. The lowest BCUT2D eigenvalue weighted by Crippen LogP contribution is -2.49. The summed E-state index contributed by atoms with van der Waals surface area (Å²) in [5.74, 6) is -0.694. The Hall–Kier alpha value is -1.92. The van der Waals surface area contributed by atoms with Gasteiger partial charge in [0.1, 0.15) is 11.7 Å². The van der Waals surface area contributed by atoms with Crippen molar-refractivity contribution < 1.29 is 29.3 Å². The van der Waals surface area contributed by atoms with Gasteiger partial charge in [-0.2, -0.15) is 0 Å². The Kier molecular flexibility index (Phi) is 5.13. The first-order chi connectivity index (χ1) is 16.8. The van der Waals surface area contributed by atoms with Crippen molar-refractivity contribution in [2.45, 2.75) is 103 Å². The summed E-state index contributed by atoms with van der Waals surface area (Å²) < 4.78 is 11.6. The quantitative estimate of drug-likeness (QED) is 0.523. The number of cyclic esters (lactones) is 1. The van der Waals surface area contributed by atoms with E-state index >= 15 is 0 Å². The zero-order chi connectivity index (χ0) is 25.8. The van der Waals surface area contributed by atoms with Gasteiger partial charge in [-0.05, 0) is 93.6 Å². The lowest BCUT2D eigenvalue weighted by atomic mass is 9.52. The van der Waals surface area contributed by atoms with Gasteiger partial charge in [0, 0.05) is 23.8 Å². The molecule has 6 nitrogen and oxygen atoms in total. The Balaban J connectivity index is 1.37. The van der Waals surface area contributed by atoms with Crippen LogP contribution in [-0.4, -0.2) is 45.6 Å². The molecule has 36 heavy (non-hydrogen) atoms. The molecular formula is C30H40O6. The van der Waals surface area contributed by atoms with Crippen LogP contribution in [-0.2, 0) is 19.1 Å². The van der Waals surface area contributed by atoms with Gasteiger partial charge in [0.05, 0.1) is 6.10 Å². The molecule has 2 N–H and O–H groups in total. The highest BCUT2D eigenvalue weighted by molar-refractivity contribution is 5.83. The number of aliphatic hydroxyl groups excluding tert-OH is 1. The number of carbonyl (C=O) groups is 2. The summed E-state index contributed by atoms with van der Waals surface area (Å²) in [6, 6.07) is 0. The molecule has 6 rings (SSSR count). The van der Waals surface area contributed by atoms with Crippen molar-refractivity contribution in [2.75, 3.05) is 0 Å². The maximum Gasteiger partial charge on any atom is 0.338 e. The minimum absolute atomic E-state index is 0.0203. The van der Waals surface area contributed by atoms with Crippen LogP contribution in [0.2, 0.25) is 0 Å². The Bertz CT molecular complexity index is 1110. The molecule has 2 saturated carbocycles. The van der Waals surface area contributed by atoms with E-state index in [-0.39, 0.29) is 46.6 Å². The molecule has 9 atom stereocenters. The molecule has 0 amide bonds. The van der Waals surface area contributed by atoms with Crippen LogP contribution in [0.5, 0.6) is 0 Å². The van der Waals surface area contributed by atoms with Crippen LogP contribution in [0.25, 0.3) is 0 Å². The number of aliphatic hydroxyl groups is 2. The van der Waals surface area contributed by atoms with Crippen molar-refractivity contribution in [1.82, 2.24) is 0 Å². The molecule has 196 valence electrons. The molecule has 0 aromatic carbocycles. The highest BCUT2D eigenvalue weighted by Crippen LogP contribution is 2.70. The highest BCUT2D eigenvalue weighted by atomic mass is 16.6. The normalized spacial score (nSPS) is 49.2. The van der Waals surface area contributed by atoms with Crippen LogP contribution in [0.15, 0.2) is 34.9 Å². The first-order valence-corrected chi connectivity index (χ1v) is 13.7. The van der Waals surface area contributed by atoms with E-state index in [4.69, 9.17) is 9.47 Å². The standard InChI is InChI=1S/C30H40O6/c1-27(2)20-7-8-21-17(12-16(20)6-9-24(32)36-27)10-11-28(3)25(22(31)15-29(21,28)4)19-13-18-14-23(19)35-26(33)30(18,5)34/h6,9,12,18-20,22-23,25,31,34H,7-8,10-11,13-15H2,1-5H3. The van der Waals surface area contributed by atoms with Crippen molar-refractivity contribution in [3.63, 3.8) is 0 Å². The van der Waals surface area contributed by atoms with Crippen LogP contribution < -0.4 is 0 Å². The molecule has 2 aliphatic heterocycles. The summed E-state index contributed by atoms with van der Waals surface area (Å²) in [5.41, 5.74) is 1.65. The van der Waals surface area contributed by atoms with E-state index < -0.39 is 23.3 Å². The fourth-order valence-electron chi connectivity index (χ4n) is 9.36. The Morgan fingerprint density at radius 2 is 1.78 bits per heavy atom. The number of allylic oxidation sites excluding steroid dienone is 4. The van der Waals surface area contributed by atoms with Crippen LogP contribution in [0.3, 0.4) is 0 Å².